The molecule has 144 valence electrons. The maximum Gasteiger partial charge on any atom is 0.119 e. The zero-order valence-electron chi connectivity index (χ0n) is 16.0. The minimum absolute atomic E-state index is 0.225. The highest BCUT2D eigenvalue weighted by Gasteiger charge is 2.46. The Morgan fingerprint density at radius 2 is 1.81 bits per heavy atom. The summed E-state index contributed by atoms with van der Waals surface area (Å²) in [6, 6.07) is 19.0. The lowest BCUT2D eigenvalue weighted by Crippen LogP contribution is -2.60. The van der Waals surface area contributed by atoms with E-state index < -0.39 is 5.60 Å². The quantitative estimate of drug-likeness (QED) is 0.845. The molecule has 2 saturated heterocycles. The van der Waals surface area contributed by atoms with E-state index in [1.807, 2.05) is 24.3 Å². The van der Waals surface area contributed by atoms with Gasteiger partial charge in [0.15, 0.2) is 0 Å². The Kier molecular flexibility index (Phi) is 5.48. The van der Waals surface area contributed by atoms with Gasteiger partial charge in [0.1, 0.15) is 5.75 Å². The lowest BCUT2D eigenvalue weighted by Gasteiger charge is -2.52. The van der Waals surface area contributed by atoms with Crippen molar-refractivity contribution in [3.05, 3.63) is 65.7 Å². The Labute approximate surface area is 161 Å². The van der Waals surface area contributed by atoms with E-state index in [0.717, 1.165) is 24.3 Å². The topological polar surface area (TPSA) is 41.9 Å². The summed E-state index contributed by atoms with van der Waals surface area (Å²) in [5.74, 6) is 0.843. The van der Waals surface area contributed by atoms with Gasteiger partial charge in [0.2, 0.25) is 0 Å². The highest BCUT2D eigenvalue weighted by atomic mass is 16.5. The number of nitrogens with zero attached hydrogens (tertiary/aromatic N) is 1. The third-order valence-electron chi connectivity index (χ3n) is 5.76. The van der Waals surface area contributed by atoms with Gasteiger partial charge >= 0.3 is 0 Å². The molecule has 4 rings (SSSR count). The molecule has 4 nitrogen and oxygen atoms in total. The van der Waals surface area contributed by atoms with Gasteiger partial charge in [-0.3, -0.25) is 4.90 Å². The molecule has 27 heavy (non-hydrogen) atoms. The van der Waals surface area contributed by atoms with Crippen molar-refractivity contribution < 1.29 is 14.6 Å². The average molecular weight is 367 g/mol. The van der Waals surface area contributed by atoms with Crippen LogP contribution in [-0.2, 0) is 16.9 Å². The van der Waals surface area contributed by atoms with E-state index in [-0.39, 0.29) is 12.1 Å². The Hall–Kier alpha value is -1.88. The fourth-order valence-corrected chi connectivity index (χ4v) is 4.43. The van der Waals surface area contributed by atoms with Crippen LogP contribution in [-0.4, -0.2) is 41.9 Å². The van der Waals surface area contributed by atoms with Crippen molar-refractivity contribution in [3.8, 4) is 5.75 Å². The van der Waals surface area contributed by atoms with E-state index in [2.05, 4.69) is 42.2 Å². The third-order valence-corrected chi connectivity index (χ3v) is 5.76. The molecular weight excluding hydrogens is 338 g/mol. The van der Waals surface area contributed by atoms with Crippen LogP contribution in [0.15, 0.2) is 54.6 Å². The van der Waals surface area contributed by atoms with Crippen molar-refractivity contribution in [1.82, 2.24) is 4.90 Å². The van der Waals surface area contributed by atoms with Gasteiger partial charge in [0, 0.05) is 18.6 Å². The number of aliphatic hydroxyl groups is 1. The zero-order chi connectivity index (χ0) is 18.7. The molecule has 2 bridgehead atoms. The number of morpholine rings is 1. The molecular formula is C23H29NO3. The second kappa shape index (κ2) is 8.01. The first-order valence-electron chi connectivity index (χ1n) is 10.0. The van der Waals surface area contributed by atoms with E-state index in [0.29, 0.717) is 32.7 Å². The summed E-state index contributed by atoms with van der Waals surface area (Å²) in [4.78, 5) is 2.52. The van der Waals surface area contributed by atoms with E-state index in [1.54, 1.807) is 0 Å². The van der Waals surface area contributed by atoms with Gasteiger partial charge in [0.25, 0.3) is 0 Å². The summed E-state index contributed by atoms with van der Waals surface area (Å²) in [5, 5.41) is 11.5. The summed E-state index contributed by atoms with van der Waals surface area (Å²) < 4.78 is 11.6. The highest BCUT2D eigenvalue weighted by molar-refractivity contribution is 5.33. The molecule has 2 aliphatic heterocycles. The minimum atomic E-state index is -0.822. The average Bonchev–Trinajstić information content (AvgIpc) is 2.68. The van der Waals surface area contributed by atoms with Crippen LogP contribution < -0.4 is 4.74 Å². The van der Waals surface area contributed by atoms with Crippen molar-refractivity contribution in [1.29, 1.82) is 0 Å². The van der Waals surface area contributed by atoms with Crippen LogP contribution in [0.4, 0.5) is 0 Å². The van der Waals surface area contributed by atoms with Crippen LogP contribution in [0.1, 0.15) is 37.3 Å². The fraction of sp³-hybridized carbons (Fsp3) is 0.478. The molecule has 0 radical (unpaired) electrons. The van der Waals surface area contributed by atoms with Crippen molar-refractivity contribution >= 4 is 0 Å². The molecule has 2 aliphatic rings. The van der Waals surface area contributed by atoms with Crippen molar-refractivity contribution in [2.45, 2.75) is 50.4 Å². The Balaban J connectivity index is 1.53. The minimum Gasteiger partial charge on any atom is -0.494 e. The summed E-state index contributed by atoms with van der Waals surface area (Å²) in [7, 11) is 0. The van der Waals surface area contributed by atoms with Crippen LogP contribution >= 0.6 is 0 Å². The van der Waals surface area contributed by atoms with Gasteiger partial charge in [-0.05, 0) is 42.5 Å². The molecule has 2 aromatic rings. The number of hydrogen-bond donors (Lipinski definition) is 1. The molecule has 0 aromatic heterocycles. The van der Waals surface area contributed by atoms with E-state index in [4.69, 9.17) is 9.47 Å². The molecule has 2 fully saturated rings. The van der Waals surface area contributed by atoms with Gasteiger partial charge in [0.05, 0.1) is 25.4 Å². The van der Waals surface area contributed by atoms with E-state index in [1.165, 1.54) is 5.56 Å². The second-order valence-corrected chi connectivity index (χ2v) is 7.82. The zero-order valence-corrected chi connectivity index (χ0v) is 16.0. The normalized spacial score (nSPS) is 28.1. The Bertz CT molecular complexity index is 734. The van der Waals surface area contributed by atoms with Gasteiger partial charge in [-0.2, -0.15) is 0 Å². The second-order valence-electron chi connectivity index (χ2n) is 7.82. The van der Waals surface area contributed by atoms with Gasteiger partial charge < -0.3 is 14.6 Å². The van der Waals surface area contributed by atoms with Gasteiger partial charge in [-0.15, -0.1) is 0 Å². The molecule has 0 aliphatic carbocycles. The van der Waals surface area contributed by atoms with E-state index in [9.17, 15) is 5.11 Å². The van der Waals surface area contributed by atoms with Crippen molar-refractivity contribution in [2.24, 2.45) is 0 Å². The predicted molar refractivity (Wildman–Crippen MR) is 106 cm³/mol. The highest BCUT2D eigenvalue weighted by Crippen LogP contribution is 2.42. The molecule has 2 unspecified atom stereocenters. The molecule has 0 spiro atoms. The van der Waals surface area contributed by atoms with Crippen LogP contribution in [0, 0.1) is 0 Å². The molecule has 1 N–H and O–H groups in total. The summed E-state index contributed by atoms with van der Waals surface area (Å²) in [6.07, 6.45) is 2.35. The monoisotopic (exact) mass is 367 g/mol. The number of rotatable bonds is 6. The standard InChI is InChI=1S/C23H29NO3/c1-2-11-27-22-10-6-9-19(12-22)23(25)13-20-16-26-17-21(14-23)24(20)15-18-7-4-3-5-8-18/h3-10,12,20-21,25H,2,11,13-17H2,1H3. The maximum absolute atomic E-state index is 11.5. The number of fused-ring (bicyclic) bond motifs is 2. The van der Waals surface area contributed by atoms with Crippen LogP contribution in [0.25, 0.3) is 0 Å². The number of piperidine rings is 1. The fourth-order valence-electron chi connectivity index (χ4n) is 4.43. The predicted octanol–water partition coefficient (Wildman–Crippen LogP) is 3.73. The molecule has 0 amide bonds. The lowest BCUT2D eigenvalue weighted by molar-refractivity contribution is -0.149. The summed E-state index contributed by atoms with van der Waals surface area (Å²) in [5.41, 5.74) is 1.46. The first-order chi connectivity index (χ1) is 13.2. The molecule has 2 aromatic carbocycles. The number of hydrogen-bond acceptors (Lipinski definition) is 4. The summed E-state index contributed by atoms with van der Waals surface area (Å²) >= 11 is 0. The maximum atomic E-state index is 11.5. The largest absolute Gasteiger partial charge is 0.494 e. The third kappa shape index (κ3) is 4.03. The lowest BCUT2D eigenvalue weighted by atomic mass is 9.76. The molecule has 4 heteroatoms. The Morgan fingerprint density at radius 3 is 2.52 bits per heavy atom. The number of ether oxygens (including phenoxy) is 2. The number of benzene rings is 2. The SMILES string of the molecule is CCCOc1cccc(C2(O)CC3COCC(C2)N3Cc2ccccc2)c1. The van der Waals surface area contributed by atoms with Crippen LogP contribution in [0.2, 0.25) is 0 Å². The first-order valence-corrected chi connectivity index (χ1v) is 10.0. The first kappa shape index (κ1) is 18.5. The van der Waals surface area contributed by atoms with E-state index >= 15 is 0 Å². The van der Waals surface area contributed by atoms with Crippen LogP contribution in [0.3, 0.4) is 0 Å². The Morgan fingerprint density at radius 1 is 1.07 bits per heavy atom. The van der Waals surface area contributed by atoms with Crippen LogP contribution in [0.5, 0.6) is 5.75 Å². The van der Waals surface area contributed by atoms with Crippen molar-refractivity contribution in [2.75, 3.05) is 19.8 Å². The molecule has 0 saturated carbocycles. The van der Waals surface area contributed by atoms with Crippen molar-refractivity contribution in [3.63, 3.8) is 0 Å². The summed E-state index contributed by atoms with van der Waals surface area (Å²) in [6.45, 7) is 5.07. The molecule has 2 heterocycles. The van der Waals surface area contributed by atoms with Gasteiger partial charge in [-0.1, -0.05) is 49.4 Å². The van der Waals surface area contributed by atoms with Gasteiger partial charge in [-0.25, -0.2) is 0 Å². The smallest absolute Gasteiger partial charge is 0.119 e. The molecule has 2 atom stereocenters.